The molecule has 0 radical (unpaired) electrons. The van der Waals surface area contributed by atoms with Gasteiger partial charge in [0.15, 0.2) is 0 Å². The largest absolute Gasteiger partial charge is 0.310 e. The summed E-state index contributed by atoms with van der Waals surface area (Å²) in [6.07, 6.45) is 7.03. The molecule has 0 amide bonds. The number of para-hydroxylation sites is 1. The van der Waals surface area contributed by atoms with Crippen LogP contribution in [0.15, 0.2) is 176 Å². The molecule has 0 aromatic heterocycles. The second-order valence-corrected chi connectivity index (χ2v) is 19.3. The Balaban J connectivity index is 0.988. The molecule has 6 aliphatic rings. The third-order valence-corrected chi connectivity index (χ3v) is 16.1. The molecule has 1 spiro atoms. The molecule has 0 atom stereocenters. The van der Waals surface area contributed by atoms with Crippen LogP contribution in [0.5, 0.6) is 0 Å². The van der Waals surface area contributed by atoms with Gasteiger partial charge in [-0.25, -0.2) is 0 Å². The van der Waals surface area contributed by atoms with E-state index in [1.807, 2.05) is 0 Å². The summed E-state index contributed by atoms with van der Waals surface area (Å²) in [5.41, 5.74) is 20.3. The number of rotatable bonds is 5. The Morgan fingerprint density at radius 3 is 1.73 bits per heavy atom. The van der Waals surface area contributed by atoms with Crippen molar-refractivity contribution in [2.75, 3.05) is 4.90 Å². The van der Waals surface area contributed by atoms with Gasteiger partial charge < -0.3 is 4.90 Å². The SMILES string of the molecule is CC1(C)c2ccccc2-c2ccc(N(c3ccc(-c4cccc5ccccc45)cc3)c3ccccc3-c3ccc4c(c3)C3(c5ccccc5-4)C4CC5CC(C4)CC3C5)cc21. The van der Waals surface area contributed by atoms with Crippen molar-refractivity contribution in [2.45, 2.75) is 56.8 Å². The Hall–Kier alpha value is -6.18. The predicted molar refractivity (Wildman–Crippen MR) is 250 cm³/mol. The van der Waals surface area contributed by atoms with Gasteiger partial charge >= 0.3 is 0 Å². The topological polar surface area (TPSA) is 3.24 Å². The Morgan fingerprint density at radius 2 is 0.950 bits per heavy atom. The van der Waals surface area contributed by atoms with E-state index >= 15 is 0 Å². The first-order valence-electron chi connectivity index (χ1n) is 22.4. The van der Waals surface area contributed by atoms with Crippen LogP contribution in [0.3, 0.4) is 0 Å². The first-order valence-corrected chi connectivity index (χ1v) is 22.4. The molecule has 14 rings (SSSR count). The maximum Gasteiger partial charge on any atom is 0.0540 e. The van der Waals surface area contributed by atoms with Crippen molar-refractivity contribution in [1.82, 2.24) is 0 Å². The fourth-order valence-corrected chi connectivity index (χ4v) is 13.8. The second-order valence-electron chi connectivity index (χ2n) is 19.3. The number of anilines is 3. The van der Waals surface area contributed by atoms with Gasteiger partial charge in [0.1, 0.15) is 0 Å². The van der Waals surface area contributed by atoms with Gasteiger partial charge in [-0.1, -0.05) is 153 Å². The summed E-state index contributed by atoms with van der Waals surface area (Å²) in [6, 6.07) is 67.1. The zero-order chi connectivity index (χ0) is 39.7. The van der Waals surface area contributed by atoms with Crippen molar-refractivity contribution in [2.24, 2.45) is 23.7 Å². The van der Waals surface area contributed by atoms with Crippen molar-refractivity contribution in [3.05, 3.63) is 198 Å². The summed E-state index contributed by atoms with van der Waals surface area (Å²) in [6.45, 7) is 4.78. The molecule has 0 saturated heterocycles. The normalized spacial score (nSPS) is 23.4. The molecule has 60 heavy (non-hydrogen) atoms. The Bertz CT molecular complexity index is 3000. The fourth-order valence-electron chi connectivity index (χ4n) is 13.8. The first-order chi connectivity index (χ1) is 29.5. The van der Waals surface area contributed by atoms with Crippen LogP contribution in [0, 0.1) is 23.7 Å². The van der Waals surface area contributed by atoms with E-state index in [1.165, 1.54) is 110 Å². The number of hydrogen-bond acceptors (Lipinski definition) is 1. The van der Waals surface area contributed by atoms with E-state index in [1.54, 1.807) is 11.1 Å². The zero-order valence-corrected chi connectivity index (χ0v) is 34.5. The summed E-state index contributed by atoms with van der Waals surface area (Å²) in [7, 11) is 0. The van der Waals surface area contributed by atoms with Crippen molar-refractivity contribution in [1.29, 1.82) is 0 Å². The van der Waals surface area contributed by atoms with Crippen LogP contribution in [0.2, 0.25) is 0 Å². The highest BCUT2D eigenvalue weighted by Gasteiger charge is 2.61. The van der Waals surface area contributed by atoms with Crippen molar-refractivity contribution < 1.29 is 0 Å². The molecule has 1 heteroatoms. The van der Waals surface area contributed by atoms with Gasteiger partial charge in [0.25, 0.3) is 0 Å². The monoisotopic (exact) mass is 771 g/mol. The Morgan fingerprint density at radius 1 is 0.400 bits per heavy atom. The number of nitrogens with zero attached hydrogens (tertiary/aromatic N) is 1. The highest BCUT2D eigenvalue weighted by Crippen LogP contribution is 2.69. The van der Waals surface area contributed by atoms with Crippen LogP contribution in [-0.2, 0) is 10.8 Å². The third kappa shape index (κ3) is 4.75. The molecule has 0 unspecified atom stereocenters. The molecule has 4 bridgehead atoms. The Labute approximate surface area is 354 Å². The van der Waals surface area contributed by atoms with Crippen LogP contribution in [0.4, 0.5) is 17.1 Å². The molecular formula is C59H49N. The first kappa shape index (κ1) is 34.7. The minimum atomic E-state index is -0.104. The van der Waals surface area contributed by atoms with E-state index in [4.69, 9.17) is 0 Å². The van der Waals surface area contributed by atoms with Gasteiger partial charge in [0, 0.05) is 27.8 Å². The van der Waals surface area contributed by atoms with E-state index in [0.717, 1.165) is 29.4 Å². The zero-order valence-electron chi connectivity index (χ0n) is 34.5. The van der Waals surface area contributed by atoms with E-state index in [-0.39, 0.29) is 10.8 Å². The van der Waals surface area contributed by atoms with E-state index < -0.39 is 0 Å². The predicted octanol–water partition coefficient (Wildman–Crippen LogP) is 15.7. The molecule has 6 aliphatic carbocycles. The fraction of sp³-hybridized carbons (Fsp3) is 0.220. The maximum absolute atomic E-state index is 2.65. The molecule has 4 saturated carbocycles. The highest BCUT2D eigenvalue weighted by molar-refractivity contribution is 5.98. The van der Waals surface area contributed by atoms with Crippen LogP contribution >= 0.6 is 0 Å². The average molecular weight is 772 g/mol. The number of benzene rings is 8. The van der Waals surface area contributed by atoms with Gasteiger partial charge in [0.05, 0.1) is 5.69 Å². The lowest BCUT2D eigenvalue weighted by atomic mass is 9.43. The lowest BCUT2D eigenvalue weighted by Crippen LogP contribution is -2.55. The van der Waals surface area contributed by atoms with Crippen molar-refractivity contribution in [3.63, 3.8) is 0 Å². The minimum absolute atomic E-state index is 0.104. The smallest absolute Gasteiger partial charge is 0.0540 e. The second kappa shape index (κ2) is 12.7. The lowest BCUT2D eigenvalue weighted by Gasteiger charge is -2.61. The summed E-state index contributed by atoms with van der Waals surface area (Å²) < 4.78 is 0. The quantitative estimate of drug-likeness (QED) is 0.168. The molecule has 0 N–H and O–H groups in total. The van der Waals surface area contributed by atoms with Gasteiger partial charge in [-0.05, 0) is 164 Å². The van der Waals surface area contributed by atoms with Crippen molar-refractivity contribution in [3.8, 4) is 44.5 Å². The van der Waals surface area contributed by atoms with Crippen LogP contribution < -0.4 is 4.90 Å². The molecule has 0 heterocycles. The van der Waals surface area contributed by atoms with Crippen LogP contribution in [0.25, 0.3) is 55.3 Å². The maximum atomic E-state index is 2.65. The van der Waals surface area contributed by atoms with Crippen LogP contribution in [-0.4, -0.2) is 0 Å². The molecule has 8 aromatic rings. The van der Waals surface area contributed by atoms with Crippen molar-refractivity contribution >= 4 is 27.8 Å². The molecule has 8 aromatic carbocycles. The average Bonchev–Trinajstić information content (AvgIpc) is 3.70. The van der Waals surface area contributed by atoms with Gasteiger partial charge in [-0.15, -0.1) is 0 Å². The van der Waals surface area contributed by atoms with E-state index in [0.29, 0.717) is 0 Å². The number of fused-ring (bicyclic) bond motifs is 7. The summed E-state index contributed by atoms with van der Waals surface area (Å²) in [5.74, 6) is 3.31. The van der Waals surface area contributed by atoms with Gasteiger partial charge in [-0.2, -0.15) is 0 Å². The third-order valence-electron chi connectivity index (χ3n) is 16.1. The summed E-state index contributed by atoms with van der Waals surface area (Å²) in [5, 5.41) is 2.55. The summed E-state index contributed by atoms with van der Waals surface area (Å²) in [4.78, 5) is 2.53. The highest BCUT2D eigenvalue weighted by atomic mass is 15.1. The molecule has 0 aliphatic heterocycles. The summed E-state index contributed by atoms with van der Waals surface area (Å²) >= 11 is 0. The minimum Gasteiger partial charge on any atom is -0.310 e. The molecular weight excluding hydrogens is 723 g/mol. The molecule has 1 nitrogen and oxygen atoms in total. The van der Waals surface area contributed by atoms with E-state index in [9.17, 15) is 0 Å². The molecule has 290 valence electrons. The Kier molecular flexibility index (Phi) is 7.32. The standard InChI is InChI=1S/C59H49N/c1-58(2)53-19-8-5-16-49(53)51-29-27-45(36-55(51)58)60(44-25-22-40(23-26-44)47-18-11-13-39-12-3-4-14-46(39)47)57-21-10-7-15-48(57)41-24-28-52-50-17-6-9-20-54(50)59(56(52)35-41)42-31-37-30-38(33-42)34-43(59)32-37/h3-29,35-38,42-43H,30-34H2,1-2H3. The van der Waals surface area contributed by atoms with Crippen LogP contribution in [0.1, 0.15) is 68.2 Å². The number of hydrogen-bond donors (Lipinski definition) is 0. The van der Waals surface area contributed by atoms with Gasteiger partial charge in [0.2, 0.25) is 0 Å². The lowest BCUT2D eigenvalue weighted by molar-refractivity contribution is -0.0399. The molecule has 4 fully saturated rings. The van der Waals surface area contributed by atoms with E-state index in [2.05, 4.69) is 195 Å². The van der Waals surface area contributed by atoms with Gasteiger partial charge in [-0.3, -0.25) is 0 Å².